The zero-order chi connectivity index (χ0) is 13.8. The summed E-state index contributed by atoms with van der Waals surface area (Å²) >= 11 is 0. The van der Waals surface area contributed by atoms with Gasteiger partial charge in [-0.25, -0.2) is 4.90 Å². The van der Waals surface area contributed by atoms with Crippen LogP contribution in [0.2, 0.25) is 0 Å². The van der Waals surface area contributed by atoms with E-state index in [1.165, 1.54) is 0 Å². The predicted octanol–water partition coefficient (Wildman–Crippen LogP) is 4.05. The molecule has 1 aliphatic rings. The Kier molecular flexibility index (Phi) is 4.06. The molecule has 0 spiro atoms. The first kappa shape index (κ1) is 16.0. The van der Waals surface area contributed by atoms with Crippen molar-refractivity contribution in [1.82, 2.24) is 4.90 Å². The number of hydrogen-bond acceptors (Lipinski definition) is 0. The van der Waals surface area contributed by atoms with E-state index < -0.39 is 7.81 Å². The zero-order valence-electron chi connectivity index (χ0n) is 9.20. The normalized spacial score (nSPS) is 18.7. The summed E-state index contributed by atoms with van der Waals surface area (Å²) in [6.45, 7) is 0.981. The van der Waals surface area contributed by atoms with Crippen LogP contribution >= 0.6 is 7.81 Å². The van der Waals surface area contributed by atoms with Crippen molar-refractivity contribution in [2.45, 2.75) is 0 Å². The van der Waals surface area contributed by atoms with Gasteiger partial charge >= 0.3 is 33.0 Å². The summed E-state index contributed by atoms with van der Waals surface area (Å²) in [6.07, 6.45) is 10.3. The van der Waals surface area contributed by atoms with E-state index in [2.05, 4.69) is 29.6 Å². The second kappa shape index (κ2) is 4.33. The third-order valence-corrected chi connectivity index (χ3v) is 1.22. The molecule has 0 amide bonds. The Balaban J connectivity index is 0.000000325. The van der Waals surface area contributed by atoms with E-state index in [9.17, 15) is 25.2 Å². The number of rotatable bonds is 1. The van der Waals surface area contributed by atoms with Gasteiger partial charge in [-0.05, 0) is 12.2 Å². The van der Waals surface area contributed by atoms with Gasteiger partial charge in [-0.2, -0.15) is 0 Å². The molecular formula is C8H13F6N2P. The number of halogens is 6. The molecule has 17 heavy (non-hydrogen) atoms. The van der Waals surface area contributed by atoms with Crippen LogP contribution in [0.25, 0.3) is 0 Å². The molecule has 0 N–H and O–H groups in total. The molecule has 0 saturated heterocycles. The molecule has 0 aromatic heterocycles. The molecule has 9 heteroatoms. The maximum absolute atomic E-state index is 10.7. The van der Waals surface area contributed by atoms with E-state index in [1.807, 2.05) is 24.7 Å². The van der Waals surface area contributed by atoms with Gasteiger partial charge in [0, 0.05) is 0 Å². The molecule has 1 rings (SSSR count). The van der Waals surface area contributed by atoms with E-state index in [0.717, 1.165) is 6.54 Å². The average Bonchev–Trinajstić information content (AvgIpc) is 1.98. The standard InChI is InChI=1S/C8H13N2.F6P/c1-9(2)8-10-6-4-3-5-7-10;1-7(2,3,4,5)6/h3-6,8H,7H2,1-2H3;/q+1;-1. The molecule has 1 heterocycles. The van der Waals surface area contributed by atoms with Crippen LogP contribution in [0.4, 0.5) is 25.2 Å². The van der Waals surface area contributed by atoms with E-state index in [1.54, 1.807) is 0 Å². The Bertz CT molecular complexity index is 337. The first-order valence-corrected chi connectivity index (χ1v) is 6.44. The fraction of sp³-hybridized carbons (Fsp3) is 0.375. The molecule has 0 bridgehead atoms. The van der Waals surface area contributed by atoms with E-state index in [4.69, 9.17) is 0 Å². The Labute approximate surface area is 94.8 Å². The summed E-state index contributed by atoms with van der Waals surface area (Å²) in [5.74, 6) is 0. The van der Waals surface area contributed by atoms with Crippen molar-refractivity contribution in [3.8, 4) is 0 Å². The Hall–Kier alpha value is -1.04. The van der Waals surface area contributed by atoms with Crippen molar-refractivity contribution in [2.24, 2.45) is 0 Å². The molecule has 1 aliphatic heterocycles. The third-order valence-electron chi connectivity index (χ3n) is 1.22. The van der Waals surface area contributed by atoms with Crippen LogP contribution in [0.5, 0.6) is 0 Å². The molecule has 0 aliphatic carbocycles. The van der Waals surface area contributed by atoms with E-state index >= 15 is 0 Å². The molecule has 0 radical (unpaired) electrons. The summed E-state index contributed by atoms with van der Waals surface area (Å²) in [6, 6.07) is 0. The molecule has 0 fully saturated rings. The number of nitrogens with zero attached hydrogens (tertiary/aromatic N) is 2. The SMILES string of the molecule is C[N+](C)=CN1C=CC=CC1.F[P-](F)(F)(F)(F)F. The number of hydrogen-bond donors (Lipinski definition) is 0. The molecule has 0 aromatic carbocycles. The average molecular weight is 282 g/mol. The van der Waals surface area contributed by atoms with E-state index in [0.29, 0.717) is 0 Å². The van der Waals surface area contributed by atoms with Gasteiger partial charge < -0.3 is 0 Å². The Morgan fingerprint density at radius 2 is 1.53 bits per heavy atom. The van der Waals surface area contributed by atoms with Crippen molar-refractivity contribution in [2.75, 3.05) is 20.6 Å². The summed E-state index contributed by atoms with van der Waals surface area (Å²) in [7, 11) is -6.62. The first-order valence-electron chi connectivity index (χ1n) is 4.41. The van der Waals surface area contributed by atoms with Crippen molar-refractivity contribution in [1.29, 1.82) is 0 Å². The van der Waals surface area contributed by atoms with Gasteiger partial charge in [-0.1, -0.05) is 6.08 Å². The molecule has 102 valence electrons. The molecule has 0 atom stereocenters. The molecule has 0 saturated carbocycles. The van der Waals surface area contributed by atoms with Gasteiger partial charge in [0.25, 0.3) is 0 Å². The van der Waals surface area contributed by atoms with Gasteiger partial charge in [0.05, 0.1) is 20.3 Å². The fourth-order valence-corrected chi connectivity index (χ4v) is 0.865. The van der Waals surface area contributed by atoms with Crippen LogP contribution in [0.15, 0.2) is 24.4 Å². The summed E-state index contributed by atoms with van der Waals surface area (Å²) in [4.78, 5) is 2.12. The summed E-state index contributed by atoms with van der Waals surface area (Å²) in [5.41, 5.74) is 0. The van der Waals surface area contributed by atoms with Gasteiger partial charge in [0.15, 0.2) is 0 Å². The van der Waals surface area contributed by atoms with Crippen LogP contribution < -0.4 is 0 Å². The third kappa shape index (κ3) is 20.9. The minimum absolute atomic E-state index is 0.981. The molecular weight excluding hydrogens is 269 g/mol. The zero-order valence-corrected chi connectivity index (χ0v) is 10.1. The molecule has 0 aromatic rings. The first-order chi connectivity index (χ1) is 7.24. The van der Waals surface area contributed by atoms with Crippen LogP contribution in [0, 0.1) is 0 Å². The quantitative estimate of drug-likeness (QED) is 0.231. The summed E-state index contributed by atoms with van der Waals surface area (Å²) in [5, 5.41) is 0. The van der Waals surface area contributed by atoms with Gasteiger partial charge in [-0.3, -0.25) is 4.58 Å². The fourth-order valence-electron chi connectivity index (χ4n) is 0.865. The van der Waals surface area contributed by atoms with Crippen molar-refractivity contribution in [3.63, 3.8) is 0 Å². The van der Waals surface area contributed by atoms with E-state index in [-0.39, 0.29) is 0 Å². The van der Waals surface area contributed by atoms with Crippen LogP contribution in [-0.2, 0) is 0 Å². The van der Waals surface area contributed by atoms with Crippen molar-refractivity contribution >= 4 is 14.1 Å². The maximum atomic E-state index is 9.87. The summed E-state index contributed by atoms with van der Waals surface area (Å²) < 4.78 is 61.2. The molecule has 0 unspecified atom stereocenters. The number of allylic oxidation sites excluding steroid dienone is 2. The predicted molar refractivity (Wildman–Crippen MR) is 56.7 cm³/mol. The van der Waals surface area contributed by atoms with Crippen molar-refractivity contribution in [3.05, 3.63) is 24.4 Å². The van der Waals surface area contributed by atoms with Gasteiger partial charge in [-0.15, -0.1) is 0 Å². The van der Waals surface area contributed by atoms with Crippen LogP contribution in [0.3, 0.4) is 0 Å². The van der Waals surface area contributed by atoms with Crippen LogP contribution in [-0.4, -0.2) is 36.5 Å². The van der Waals surface area contributed by atoms with Gasteiger partial charge in [0.2, 0.25) is 6.34 Å². The monoisotopic (exact) mass is 282 g/mol. The topological polar surface area (TPSA) is 6.25 Å². The second-order valence-corrected chi connectivity index (χ2v) is 5.42. The van der Waals surface area contributed by atoms with Crippen LogP contribution in [0.1, 0.15) is 0 Å². The Morgan fingerprint density at radius 1 is 1.06 bits per heavy atom. The second-order valence-electron chi connectivity index (χ2n) is 3.50. The Morgan fingerprint density at radius 3 is 1.82 bits per heavy atom. The molecule has 2 nitrogen and oxygen atoms in total. The van der Waals surface area contributed by atoms with Gasteiger partial charge in [0.1, 0.15) is 6.54 Å². The minimum atomic E-state index is -10.7. The van der Waals surface area contributed by atoms with Crippen molar-refractivity contribution < 1.29 is 29.8 Å².